The summed E-state index contributed by atoms with van der Waals surface area (Å²) in [6, 6.07) is -0.641. The summed E-state index contributed by atoms with van der Waals surface area (Å²) in [7, 11) is 1.85. The van der Waals surface area contributed by atoms with Gasteiger partial charge >= 0.3 is 5.97 Å². The van der Waals surface area contributed by atoms with E-state index < -0.39 is 6.04 Å². The highest BCUT2D eigenvalue weighted by molar-refractivity contribution is 5.79. The van der Waals surface area contributed by atoms with Crippen molar-refractivity contribution >= 4 is 5.97 Å². The number of hydrazine groups is 1. The Bertz CT molecular complexity index is 227. The molecule has 74 valence electrons. The van der Waals surface area contributed by atoms with Gasteiger partial charge in [0.15, 0.2) is 0 Å². The van der Waals surface area contributed by atoms with Gasteiger partial charge < -0.3 is 15.5 Å². The molecule has 5 heteroatoms. The van der Waals surface area contributed by atoms with Crippen LogP contribution in [0.5, 0.6) is 0 Å². The lowest BCUT2D eigenvalue weighted by Crippen LogP contribution is -2.35. The lowest BCUT2D eigenvalue weighted by molar-refractivity contribution is -0.143. The molecule has 1 atom stereocenters. The van der Waals surface area contributed by atoms with E-state index in [0.29, 0.717) is 13.2 Å². The fourth-order valence-electron chi connectivity index (χ4n) is 1.13. The maximum absolute atomic E-state index is 11.2. The highest BCUT2D eigenvalue weighted by atomic mass is 16.5. The average molecular weight is 185 g/mol. The van der Waals surface area contributed by atoms with E-state index in [1.54, 1.807) is 11.9 Å². The van der Waals surface area contributed by atoms with E-state index in [-0.39, 0.29) is 5.97 Å². The number of hydrogen-bond donors (Lipinski definition) is 2. The Labute approximate surface area is 77.5 Å². The van der Waals surface area contributed by atoms with E-state index >= 15 is 0 Å². The number of carbonyl (C=O) groups excluding carboxylic acids is 1. The quantitative estimate of drug-likeness (QED) is 0.564. The van der Waals surface area contributed by atoms with Crippen LogP contribution in [0.2, 0.25) is 0 Å². The molecule has 13 heavy (non-hydrogen) atoms. The summed E-state index contributed by atoms with van der Waals surface area (Å²) >= 11 is 0. The molecule has 5 nitrogen and oxygen atoms in total. The third-order valence-corrected chi connectivity index (χ3v) is 1.83. The second-order valence-corrected chi connectivity index (χ2v) is 2.88. The van der Waals surface area contributed by atoms with Gasteiger partial charge in [-0.15, -0.1) is 0 Å². The predicted molar refractivity (Wildman–Crippen MR) is 48.5 cm³/mol. The van der Waals surface area contributed by atoms with Gasteiger partial charge in [0.2, 0.25) is 0 Å². The number of ether oxygens (including phenoxy) is 1. The van der Waals surface area contributed by atoms with Crippen molar-refractivity contribution in [3.63, 3.8) is 0 Å². The molecule has 1 rings (SSSR count). The van der Waals surface area contributed by atoms with Crippen LogP contribution in [0.4, 0.5) is 0 Å². The minimum atomic E-state index is -0.641. The summed E-state index contributed by atoms with van der Waals surface area (Å²) in [4.78, 5) is 11.2. The third kappa shape index (κ3) is 2.43. The van der Waals surface area contributed by atoms with Crippen LogP contribution in [0.1, 0.15) is 6.92 Å². The van der Waals surface area contributed by atoms with Crippen LogP contribution in [-0.2, 0) is 9.53 Å². The molecule has 3 N–H and O–H groups in total. The van der Waals surface area contributed by atoms with Crippen molar-refractivity contribution < 1.29 is 9.53 Å². The van der Waals surface area contributed by atoms with Crippen LogP contribution < -0.4 is 11.2 Å². The highest BCUT2D eigenvalue weighted by Gasteiger charge is 2.22. The molecule has 1 unspecified atom stereocenters. The maximum atomic E-state index is 11.2. The van der Waals surface area contributed by atoms with Crippen molar-refractivity contribution in [1.29, 1.82) is 0 Å². The molecule has 0 saturated heterocycles. The highest BCUT2D eigenvalue weighted by Crippen LogP contribution is 2.07. The van der Waals surface area contributed by atoms with Crippen molar-refractivity contribution in [2.24, 2.45) is 5.73 Å². The first-order valence-electron chi connectivity index (χ1n) is 4.24. The zero-order chi connectivity index (χ0) is 9.84. The topological polar surface area (TPSA) is 67.6 Å². The summed E-state index contributed by atoms with van der Waals surface area (Å²) in [6.07, 6.45) is 1.81. The van der Waals surface area contributed by atoms with E-state index in [4.69, 9.17) is 10.5 Å². The van der Waals surface area contributed by atoms with Crippen molar-refractivity contribution in [1.82, 2.24) is 10.4 Å². The Morgan fingerprint density at radius 3 is 3.08 bits per heavy atom. The summed E-state index contributed by atoms with van der Waals surface area (Å²) < 4.78 is 4.80. The van der Waals surface area contributed by atoms with Gasteiger partial charge in [-0.3, -0.25) is 4.79 Å². The molecule has 0 aromatic carbocycles. The first-order chi connectivity index (χ1) is 6.15. The lowest BCUT2D eigenvalue weighted by atomic mass is 10.1. The molecule has 0 fully saturated rings. The van der Waals surface area contributed by atoms with Gasteiger partial charge in [-0.2, -0.15) is 0 Å². The van der Waals surface area contributed by atoms with Gasteiger partial charge in [-0.25, -0.2) is 5.43 Å². The van der Waals surface area contributed by atoms with Gasteiger partial charge in [0.1, 0.15) is 6.04 Å². The van der Waals surface area contributed by atoms with Crippen LogP contribution in [0.25, 0.3) is 0 Å². The monoisotopic (exact) mass is 185 g/mol. The molecule has 0 saturated carbocycles. The van der Waals surface area contributed by atoms with Crippen LogP contribution in [0.15, 0.2) is 11.8 Å². The van der Waals surface area contributed by atoms with Gasteiger partial charge in [0, 0.05) is 19.8 Å². The van der Waals surface area contributed by atoms with Gasteiger partial charge in [0.25, 0.3) is 0 Å². The van der Waals surface area contributed by atoms with Crippen LogP contribution in [0.3, 0.4) is 0 Å². The molecule has 1 heterocycles. The molecular weight excluding hydrogens is 170 g/mol. The Morgan fingerprint density at radius 2 is 2.62 bits per heavy atom. The fourth-order valence-corrected chi connectivity index (χ4v) is 1.13. The van der Waals surface area contributed by atoms with Crippen molar-refractivity contribution in [3.8, 4) is 0 Å². The maximum Gasteiger partial charge on any atom is 0.327 e. The smallest absolute Gasteiger partial charge is 0.327 e. The van der Waals surface area contributed by atoms with Crippen molar-refractivity contribution in [2.45, 2.75) is 13.0 Å². The van der Waals surface area contributed by atoms with Crippen LogP contribution in [0, 0.1) is 0 Å². The molecule has 0 radical (unpaired) electrons. The Hall–Kier alpha value is -1.07. The van der Waals surface area contributed by atoms with Gasteiger partial charge in [0.05, 0.1) is 6.61 Å². The third-order valence-electron chi connectivity index (χ3n) is 1.83. The Morgan fingerprint density at radius 1 is 1.92 bits per heavy atom. The number of esters is 1. The molecule has 1 aliphatic heterocycles. The minimum absolute atomic E-state index is 0.364. The number of nitrogens with one attached hydrogen (secondary N) is 1. The SMILES string of the molecule is CCOC(=O)C(N)C1=CN(C)NC1. The molecule has 0 aromatic rings. The van der Waals surface area contributed by atoms with E-state index in [1.807, 2.05) is 13.2 Å². The number of carbonyl (C=O) groups is 1. The van der Waals surface area contributed by atoms with E-state index in [1.165, 1.54) is 0 Å². The van der Waals surface area contributed by atoms with Crippen molar-refractivity contribution in [2.75, 3.05) is 20.2 Å². The summed E-state index contributed by atoms with van der Waals surface area (Å²) in [5.41, 5.74) is 9.51. The lowest BCUT2D eigenvalue weighted by Gasteiger charge is -2.09. The molecule has 0 amide bonds. The fraction of sp³-hybridized carbons (Fsp3) is 0.625. The molecule has 0 spiro atoms. The second kappa shape index (κ2) is 4.25. The zero-order valence-electron chi connectivity index (χ0n) is 7.91. The summed E-state index contributed by atoms with van der Waals surface area (Å²) in [5.74, 6) is -0.370. The number of nitrogens with zero attached hydrogens (tertiary/aromatic N) is 1. The molecule has 0 bridgehead atoms. The normalized spacial score (nSPS) is 18.4. The average Bonchev–Trinajstić information content (AvgIpc) is 2.51. The van der Waals surface area contributed by atoms with Crippen LogP contribution in [-0.4, -0.2) is 37.2 Å². The standard InChI is InChI=1S/C8H15N3O2/c1-3-13-8(12)7(9)6-4-10-11(2)5-6/h5,7,10H,3-4,9H2,1-2H3. The second-order valence-electron chi connectivity index (χ2n) is 2.88. The van der Waals surface area contributed by atoms with Crippen LogP contribution >= 0.6 is 0 Å². The molecule has 0 aromatic heterocycles. The van der Waals surface area contributed by atoms with E-state index in [0.717, 1.165) is 5.57 Å². The Kier molecular flexibility index (Phi) is 3.27. The Balaban J connectivity index is 2.52. The van der Waals surface area contributed by atoms with Gasteiger partial charge in [-0.05, 0) is 12.5 Å². The minimum Gasteiger partial charge on any atom is -0.465 e. The van der Waals surface area contributed by atoms with Gasteiger partial charge in [-0.1, -0.05) is 0 Å². The van der Waals surface area contributed by atoms with Crippen molar-refractivity contribution in [3.05, 3.63) is 11.8 Å². The summed E-state index contributed by atoms with van der Waals surface area (Å²) in [5, 5.41) is 1.77. The first-order valence-corrected chi connectivity index (χ1v) is 4.24. The number of rotatable bonds is 3. The summed E-state index contributed by atoms with van der Waals surface area (Å²) in [6.45, 7) is 2.73. The number of nitrogens with two attached hydrogens (primary N) is 1. The first kappa shape index (κ1) is 10.0. The van der Waals surface area contributed by atoms with E-state index in [9.17, 15) is 4.79 Å². The largest absolute Gasteiger partial charge is 0.465 e. The zero-order valence-corrected chi connectivity index (χ0v) is 7.91. The molecular formula is C8H15N3O2. The number of hydrogen-bond acceptors (Lipinski definition) is 5. The van der Waals surface area contributed by atoms with E-state index in [2.05, 4.69) is 5.43 Å². The molecule has 0 aliphatic carbocycles. The molecule has 1 aliphatic rings. The predicted octanol–water partition coefficient (Wildman–Crippen LogP) is -0.789.